The molecule has 0 N–H and O–H groups in total. The minimum Gasteiger partial charge on any atom is -0.0622 e. The molecule has 6 aromatic rings. The highest BCUT2D eigenvalue weighted by molar-refractivity contribution is 6.09. The van der Waals surface area contributed by atoms with Gasteiger partial charge in [-0.1, -0.05) is 245 Å². The molecule has 0 bridgehead atoms. The Morgan fingerprint density at radius 1 is 0.208 bits per heavy atom. The van der Waals surface area contributed by atoms with Crippen molar-refractivity contribution in [3.05, 3.63) is 152 Å². The third kappa shape index (κ3) is 11.2. The molecule has 0 unspecified atom stereocenters. The number of benzene rings is 6. The maximum Gasteiger partial charge on any atom is -0.00111 e. The van der Waals surface area contributed by atoms with Crippen LogP contribution in [-0.4, -0.2) is 0 Å². The molecule has 0 saturated heterocycles. The highest BCUT2D eigenvalue weighted by Gasteiger charge is 2.36. The normalized spacial score (nSPS) is 13.6. The van der Waals surface area contributed by atoms with Crippen LogP contribution in [0.25, 0.3) is 55.6 Å². The first-order valence-corrected chi connectivity index (χ1v) is 27.4. The fourth-order valence-corrected chi connectivity index (χ4v) is 12.0. The molecule has 386 valence electrons. The fourth-order valence-electron chi connectivity index (χ4n) is 12.0. The van der Waals surface area contributed by atoms with Gasteiger partial charge in [-0.15, -0.1) is 0 Å². The van der Waals surface area contributed by atoms with Crippen molar-refractivity contribution < 1.29 is 0 Å². The van der Waals surface area contributed by atoms with Gasteiger partial charge in [0, 0.05) is 0 Å². The van der Waals surface area contributed by atoms with Gasteiger partial charge in [0.2, 0.25) is 0 Å². The van der Waals surface area contributed by atoms with Crippen molar-refractivity contribution in [2.24, 2.45) is 0 Å². The van der Waals surface area contributed by atoms with Crippen molar-refractivity contribution in [2.75, 3.05) is 0 Å². The molecule has 6 rings (SSSR count). The van der Waals surface area contributed by atoms with Crippen LogP contribution in [0, 0.1) is 27.7 Å². The van der Waals surface area contributed by atoms with Crippen molar-refractivity contribution in [3.63, 3.8) is 0 Å². The van der Waals surface area contributed by atoms with Gasteiger partial charge in [0.05, 0.1) is 0 Å². The molecule has 0 atom stereocenters. The molecule has 0 amide bonds. The summed E-state index contributed by atoms with van der Waals surface area (Å²) in [5.74, 6) is 0. The summed E-state index contributed by atoms with van der Waals surface area (Å²) in [5.41, 5.74) is 28.8. The van der Waals surface area contributed by atoms with Gasteiger partial charge in [0.15, 0.2) is 0 Å². The van der Waals surface area contributed by atoms with Crippen LogP contribution in [0.5, 0.6) is 0 Å². The van der Waals surface area contributed by atoms with E-state index in [-0.39, 0.29) is 43.3 Å². The number of hydrogen-bond donors (Lipinski definition) is 0. The minimum atomic E-state index is -0.188. The van der Waals surface area contributed by atoms with Gasteiger partial charge in [-0.05, 0) is 199 Å². The standard InChI is InChI=1S/C72H98/c1-43-34-48(58(69(17,18)19)39-54(43)65(5,6)7)50-38-51(49-35-44(2)55(66(8,9)10)40-59(49)70(20,21)22)63(52-36-45(3)56(67(11,12)13)41-60(52)71(23,24)25)64(62(50)47-32-30-29-31-33-47)53-37-46(4)57(68(14,15)16)42-61(53)72(26,27)28/h29-42H,1-28H3. The maximum atomic E-state index is 2.68. The van der Waals surface area contributed by atoms with E-state index >= 15 is 0 Å². The monoisotopic (exact) mass is 963 g/mol. The Morgan fingerprint density at radius 2 is 0.444 bits per heavy atom. The average Bonchev–Trinajstić information content (AvgIpc) is 3.19. The summed E-state index contributed by atoms with van der Waals surface area (Å²) >= 11 is 0. The molecule has 0 aliphatic carbocycles. The highest BCUT2D eigenvalue weighted by Crippen LogP contribution is 2.57. The van der Waals surface area contributed by atoms with Crippen LogP contribution in [0.15, 0.2) is 84.9 Å². The Kier molecular flexibility index (Phi) is 14.6. The van der Waals surface area contributed by atoms with Crippen molar-refractivity contribution in [1.82, 2.24) is 0 Å². The largest absolute Gasteiger partial charge is 0.0622 e. The number of hydrogen-bond acceptors (Lipinski definition) is 0. The predicted octanol–water partition coefficient (Wildman–Crippen LogP) is 21.6. The Balaban J connectivity index is 2.18. The summed E-state index contributed by atoms with van der Waals surface area (Å²) in [6, 6.07) is 34.8. The molecule has 0 radical (unpaired) electrons. The molecule has 0 aliphatic heterocycles. The van der Waals surface area contributed by atoms with Gasteiger partial charge in [0.25, 0.3) is 0 Å². The lowest BCUT2D eigenvalue weighted by molar-refractivity contribution is 0.565. The SMILES string of the molecule is Cc1cc(-c2cc(-c3cc(C)c(C(C)(C)C)cc3C(C)(C)C)c(-c3cc(C)c(C(C)(C)C)cc3C(C)(C)C)c(-c3cc(C)c(C(C)(C)C)cc3C(C)(C)C)c2-c2ccccc2)c(C(C)(C)C)cc1C(C)(C)C. The summed E-state index contributed by atoms with van der Waals surface area (Å²) in [7, 11) is 0. The summed E-state index contributed by atoms with van der Waals surface area (Å²) in [6.45, 7) is 67.1. The highest BCUT2D eigenvalue weighted by atomic mass is 14.4. The predicted molar refractivity (Wildman–Crippen MR) is 322 cm³/mol. The van der Waals surface area contributed by atoms with Gasteiger partial charge in [0.1, 0.15) is 0 Å². The van der Waals surface area contributed by atoms with Crippen LogP contribution < -0.4 is 0 Å². The molecule has 0 aliphatic rings. The molecular weight excluding hydrogens is 865 g/mol. The smallest absolute Gasteiger partial charge is 0.00111 e. The first-order chi connectivity index (χ1) is 32.5. The third-order valence-electron chi connectivity index (χ3n) is 15.4. The van der Waals surface area contributed by atoms with Crippen LogP contribution in [0.2, 0.25) is 0 Å². The van der Waals surface area contributed by atoms with Crippen molar-refractivity contribution in [2.45, 2.75) is 237 Å². The molecule has 0 aromatic heterocycles. The minimum absolute atomic E-state index is 0.0205. The van der Waals surface area contributed by atoms with E-state index in [1.54, 1.807) is 0 Å². The molecule has 0 spiro atoms. The van der Waals surface area contributed by atoms with E-state index in [9.17, 15) is 0 Å². The van der Waals surface area contributed by atoms with Crippen LogP contribution in [-0.2, 0) is 43.3 Å². The van der Waals surface area contributed by atoms with Crippen LogP contribution in [0.1, 0.15) is 233 Å². The second-order valence-corrected chi connectivity index (χ2v) is 30.3. The lowest BCUT2D eigenvalue weighted by Crippen LogP contribution is -2.21. The Labute approximate surface area is 442 Å². The van der Waals surface area contributed by atoms with Crippen molar-refractivity contribution in [1.29, 1.82) is 0 Å². The van der Waals surface area contributed by atoms with Crippen LogP contribution in [0.4, 0.5) is 0 Å². The van der Waals surface area contributed by atoms with Crippen LogP contribution in [0.3, 0.4) is 0 Å². The molecule has 0 saturated carbocycles. The van der Waals surface area contributed by atoms with Crippen molar-refractivity contribution >= 4 is 0 Å². The molecular formula is C72H98. The molecule has 0 fully saturated rings. The van der Waals surface area contributed by atoms with Gasteiger partial charge >= 0.3 is 0 Å². The zero-order valence-corrected chi connectivity index (χ0v) is 51.1. The molecule has 6 aromatic carbocycles. The lowest BCUT2D eigenvalue weighted by atomic mass is 9.68. The van der Waals surface area contributed by atoms with Gasteiger partial charge < -0.3 is 0 Å². The first-order valence-electron chi connectivity index (χ1n) is 27.4. The molecule has 0 nitrogen and oxygen atoms in total. The summed E-state index contributed by atoms with van der Waals surface area (Å²) in [5, 5.41) is 0. The zero-order chi connectivity index (χ0) is 54.6. The summed E-state index contributed by atoms with van der Waals surface area (Å²) in [4.78, 5) is 0. The number of aryl methyl sites for hydroxylation is 4. The average molecular weight is 964 g/mol. The van der Waals surface area contributed by atoms with E-state index in [4.69, 9.17) is 0 Å². The van der Waals surface area contributed by atoms with E-state index in [0.717, 1.165) is 0 Å². The number of rotatable bonds is 5. The zero-order valence-electron chi connectivity index (χ0n) is 51.1. The van der Waals surface area contributed by atoms with Gasteiger partial charge in [-0.3, -0.25) is 0 Å². The molecule has 0 heteroatoms. The lowest BCUT2D eigenvalue weighted by Gasteiger charge is -2.36. The Morgan fingerprint density at radius 3 is 0.722 bits per heavy atom. The summed E-state index contributed by atoms with van der Waals surface area (Å²) < 4.78 is 0. The van der Waals surface area contributed by atoms with Crippen LogP contribution >= 0.6 is 0 Å². The van der Waals surface area contributed by atoms with E-state index in [2.05, 4.69) is 279 Å². The van der Waals surface area contributed by atoms with Gasteiger partial charge in [-0.25, -0.2) is 0 Å². The second-order valence-electron chi connectivity index (χ2n) is 30.3. The van der Waals surface area contributed by atoms with E-state index in [1.807, 2.05) is 0 Å². The second kappa shape index (κ2) is 18.6. The van der Waals surface area contributed by atoms with E-state index in [1.165, 1.54) is 122 Å². The molecule has 0 heterocycles. The first kappa shape index (κ1) is 56.6. The quantitative estimate of drug-likeness (QED) is 0.162. The van der Waals surface area contributed by atoms with Crippen molar-refractivity contribution in [3.8, 4) is 55.6 Å². The summed E-state index contributed by atoms with van der Waals surface area (Å²) in [6.07, 6.45) is 0. The topological polar surface area (TPSA) is 0 Å². The third-order valence-corrected chi connectivity index (χ3v) is 15.4. The Hall–Kier alpha value is -4.68. The molecule has 72 heavy (non-hydrogen) atoms. The van der Waals surface area contributed by atoms with Gasteiger partial charge in [-0.2, -0.15) is 0 Å². The van der Waals surface area contributed by atoms with E-state index < -0.39 is 0 Å². The maximum absolute atomic E-state index is 2.68. The Bertz CT molecular complexity index is 3010. The fraction of sp³-hybridized carbons (Fsp3) is 0.500. The van der Waals surface area contributed by atoms with E-state index in [0.29, 0.717) is 0 Å².